The monoisotopic (exact) mass is 336 g/mol. The van der Waals surface area contributed by atoms with Crippen LogP contribution in [-0.4, -0.2) is 10.9 Å². The number of nitrogens with zero attached hydrogens (tertiary/aromatic N) is 2. The molecule has 0 fully saturated rings. The summed E-state index contributed by atoms with van der Waals surface area (Å²) in [5.41, 5.74) is 3.28. The number of benzene rings is 2. The molecule has 0 saturated carbocycles. The van der Waals surface area contributed by atoms with E-state index in [0.29, 0.717) is 17.3 Å². The second-order valence-corrected chi connectivity index (χ2v) is 5.92. The van der Waals surface area contributed by atoms with E-state index in [2.05, 4.69) is 4.98 Å². The van der Waals surface area contributed by atoms with Crippen molar-refractivity contribution in [3.8, 4) is 0 Å². The first-order valence-electron chi connectivity index (χ1n) is 7.68. The van der Waals surface area contributed by atoms with Gasteiger partial charge in [-0.05, 0) is 36.2 Å². The van der Waals surface area contributed by atoms with Gasteiger partial charge in [0.2, 0.25) is 0 Å². The molecule has 4 heteroatoms. The van der Waals surface area contributed by atoms with Crippen molar-refractivity contribution in [2.24, 2.45) is 0 Å². The molecule has 0 aliphatic rings. The number of hydrogen-bond acceptors (Lipinski definition) is 2. The molecule has 3 nitrogen and oxygen atoms in total. The fraction of sp³-hybridized carbons (Fsp3) is 0.100. The molecule has 0 aliphatic heterocycles. The summed E-state index contributed by atoms with van der Waals surface area (Å²) in [4.78, 5) is 19.0. The van der Waals surface area contributed by atoms with E-state index in [9.17, 15) is 4.79 Å². The standard InChI is InChI=1S/C20H17ClN2O/c1-15-13-22-19(21)12-18(15)20(24)23(17-10-6-3-7-11-17)14-16-8-4-2-5-9-16/h2-13H,14H2,1H3. The Hall–Kier alpha value is -2.65. The zero-order chi connectivity index (χ0) is 16.9. The molecule has 0 radical (unpaired) electrons. The van der Waals surface area contributed by atoms with Gasteiger partial charge in [-0.25, -0.2) is 4.98 Å². The van der Waals surface area contributed by atoms with Gasteiger partial charge in [-0.1, -0.05) is 60.1 Å². The molecular formula is C20H17ClN2O. The Morgan fingerprint density at radius 3 is 2.33 bits per heavy atom. The number of pyridine rings is 1. The van der Waals surface area contributed by atoms with Crippen LogP contribution >= 0.6 is 11.6 Å². The quantitative estimate of drug-likeness (QED) is 0.635. The highest BCUT2D eigenvalue weighted by Gasteiger charge is 2.20. The third-order valence-corrected chi connectivity index (χ3v) is 4.00. The Bertz CT molecular complexity index is 835. The van der Waals surface area contributed by atoms with Crippen molar-refractivity contribution >= 4 is 23.2 Å². The van der Waals surface area contributed by atoms with Crippen molar-refractivity contribution in [2.45, 2.75) is 13.5 Å². The fourth-order valence-electron chi connectivity index (χ4n) is 2.53. The molecule has 3 rings (SSSR count). The van der Waals surface area contributed by atoms with Gasteiger partial charge in [0.1, 0.15) is 5.15 Å². The summed E-state index contributed by atoms with van der Waals surface area (Å²) in [6.07, 6.45) is 1.63. The smallest absolute Gasteiger partial charge is 0.259 e. The van der Waals surface area contributed by atoms with Crippen LogP contribution in [0.15, 0.2) is 72.9 Å². The van der Waals surface area contributed by atoms with Crippen molar-refractivity contribution in [1.29, 1.82) is 0 Å². The van der Waals surface area contributed by atoms with Gasteiger partial charge in [0, 0.05) is 17.4 Å². The molecule has 0 saturated heterocycles. The number of rotatable bonds is 4. The van der Waals surface area contributed by atoms with Crippen LogP contribution in [-0.2, 0) is 6.54 Å². The van der Waals surface area contributed by atoms with Crippen LogP contribution in [0.3, 0.4) is 0 Å². The Morgan fingerprint density at radius 1 is 1.04 bits per heavy atom. The van der Waals surface area contributed by atoms with E-state index in [4.69, 9.17) is 11.6 Å². The maximum absolute atomic E-state index is 13.2. The minimum absolute atomic E-state index is 0.0909. The highest BCUT2D eigenvalue weighted by atomic mass is 35.5. The van der Waals surface area contributed by atoms with Crippen molar-refractivity contribution in [2.75, 3.05) is 4.90 Å². The number of carbonyl (C=O) groups is 1. The average molecular weight is 337 g/mol. The molecular weight excluding hydrogens is 320 g/mol. The first-order valence-corrected chi connectivity index (χ1v) is 8.06. The minimum atomic E-state index is -0.0909. The number of aryl methyl sites for hydroxylation is 1. The molecule has 24 heavy (non-hydrogen) atoms. The maximum Gasteiger partial charge on any atom is 0.259 e. The summed E-state index contributed by atoms with van der Waals surface area (Å²) in [7, 11) is 0. The summed E-state index contributed by atoms with van der Waals surface area (Å²) in [5.74, 6) is -0.0909. The maximum atomic E-state index is 13.2. The Labute approximate surface area is 146 Å². The van der Waals surface area contributed by atoms with E-state index < -0.39 is 0 Å². The van der Waals surface area contributed by atoms with Gasteiger partial charge >= 0.3 is 0 Å². The van der Waals surface area contributed by atoms with Crippen molar-refractivity contribution in [3.63, 3.8) is 0 Å². The summed E-state index contributed by atoms with van der Waals surface area (Å²) in [5, 5.41) is 0.316. The van der Waals surface area contributed by atoms with Crippen molar-refractivity contribution in [1.82, 2.24) is 4.98 Å². The predicted molar refractivity (Wildman–Crippen MR) is 97.4 cm³/mol. The van der Waals surface area contributed by atoms with Gasteiger partial charge in [-0.2, -0.15) is 0 Å². The van der Waals surface area contributed by atoms with Crippen LogP contribution in [0.25, 0.3) is 0 Å². The van der Waals surface area contributed by atoms with Gasteiger partial charge in [0.25, 0.3) is 5.91 Å². The summed E-state index contributed by atoms with van der Waals surface area (Å²) < 4.78 is 0. The molecule has 3 aromatic rings. The molecule has 0 aliphatic carbocycles. The number of anilines is 1. The molecule has 0 spiro atoms. The second-order valence-electron chi connectivity index (χ2n) is 5.53. The molecule has 0 bridgehead atoms. The highest BCUT2D eigenvalue weighted by molar-refractivity contribution is 6.29. The van der Waals surface area contributed by atoms with E-state index in [1.165, 1.54) is 0 Å². The third kappa shape index (κ3) is 3.63. The van der Waals surface area contributed by atoms with Crippen molar-refractivity contribution < 1.29 is 4.79 Å². The topological polar surface area (TPSA) is 33.2 Å². The Kier molecular flexibility index (Phi) is 4.92. The van der Waals surface area contributed by atoms with Crippen LogP contribution in [0.2, 0.25) is 5.15 Å². The number of carbonyl (C=O) groups excluding carboxylic acids is 1. The molecule has 0 unspecified atom stereocenters. The van der Waals surface area contributed by atoms with Gasteiger partial charge < -0.3 is 4.90 Å². The first kappa shape index (κ1) is 16.2. The van der Waals surface area contributed by atoms with E-state index in [1.807, 2.05) is 67.6 Å². The van der Waals surface area contributed by atoms with Crippen LogP contribution in [0.5, 0.6) is 0 Å². The molecule has 1 aromatic heterocycles. The predicted octanol–water partition coefficient (Wildman–Crippen LogP) is 4.89. The normalized spacial score (nSPS) is 10.4. The summed E-state index contributed by atoms with van der Waals surface area (Å²) in [6.45, 7) is 2.35. The van der Waals surface area contributed by atoms with Crippen molar-refractivity contribution in [3.05, 3.63) is 94.8 Å². The molecule has 0 atom stereocenters. The van der Waals surface area contributed by atoms with E-state index in [0.717, 1.165) is 16.8 Å². The first-order chi connectivity index (χ1) is 11.6. The Morgan fingerprint density at radius 2 is 1.67 bits per heavy atom. The minimum Gasteiger partial charge on any atom is -0.304 e. The molecule has 0 N–H and O–H groups in total. The number of halogens is 1. The highest BCUT2D eigenvalue weighted by Crippen LogP contribution is 2.22. The summed E-state index contributed by atoms with van der Waals surface area (Å²) >= 11 is 5.99. The lowest BCUT2D eigenvalue weighted by atomic mass is 10.1. The van der Waals surface area contributed by atoms with E-state index >= 15 is 0 Å². The lowest BCUT2D eigenvalue weighted by Gasteiger charge is -2.24. The van der Waals surface area contributed by atoms with Gasteiger partial charge in [0.15, 0.2) is 0 Å². The lowest BCUT2D eigenvalue weighted by molar-refractivity contribution is 0.0984. The van der Waals surface area contributed by atoms with E-state index in [1.54, 1.807) is 17.2 Å². The SMILES string of the molecule is Cc1cnc(Cl)cc1C(=O)N(Cc1ccccc1)c1ccccc1. The fourth-order valence-corrected chi connectivity index (χ4v) is 2.69. The zero-order valence-electron chi connectivity index (χ0n) is 13.3. The second kappa shape index (κ2) is 7.28. The van der Waals surface area contributed by atoms with Crippen LogP contribution in [0.1, 0.15) is 21.5 Å². The molecule has 120 valence electrons. The number of para-hydroxylation sites is 1. The van der Waals surface area contributed by atoms with Gasteiger partial charge in [0.05, 0.1) is 6.54 Å². The van der Waals surface area contributed by atoms with Crippen LogP contribution in [0.4, 0.5) is 5.69 Å². The van der Waals surface area contributed by atoms with Crippen LogP contribution in [0, 0.1) is 6.92 Å². The van der Waals surface area contributed by atoms with Gasteiger partial charge in [-0.3, -0.25) is 4.79 Å². The molecule has 1 amide bonds. The van der Waals surface area contributed by atoms with E-state index in [-0.39, 0.29) is 5.91 Å². The third-order valence-electron chi connectivity index (χ3n) is 3.80. The van der Waals surface area contributed by atoms with Gasteiger partial charge in [-0.15, -0.1) is 0 Å². The number of amides is 1. The zero-order valence-corrected chi connectivity index (χ0v) is 14.1. The molecule has 2 aromatic carbocycles. The number of aromatic nitrogens is 1. The largest absolute Gasteiger partial charge is 0.304 e. The van der Waals surface area contributed by atoms with Crippen LogP contribution < -0.4 is 4.90 Å². The Balaban J connectivity index is 2.01. The molecule has 1 heterocycles. The average Bonchev–Trinajstić information content (AvgIpc) is 2.63. The number of hydrogen-bond donors (Lipinski definition) is 0. The lowest BCUT2D eigenvalue weighted by Crippen LogP contribution is -2.31. The summed E-state index contributed by atoms with van der Waals surface area (Å²) in [6, 6.07) is 21.2.